The number of rotatable bonds is 6. The number of aromatic nitrogens is 1. The Bertz CT molecular complexity index is 1250. The van der Waals surface area contributed by atoms with Gasteiger partial charge in [-0.05, 0) is 55.2 Å². The number of aromatic amines is 1. The number of nitrogens with zero attached hydrogens (tertiary/aromatic N) is 2. The SMILES string of the molecule is COc1cc(C)c2[nH]ccc2c1CN1CCC(N2CC(C(F)(F)F)C2)CC1c1ccc(C(=O)O)cc1. The lowest BCUT2D eigenvalue weighted by atomic mass is 9.86. The molecule has 192 valence electrons. The molecule has 2 aromatic carbocycles. The maximum atomic E-state index is 13.1. The number of carboxylic acid groups (broad SMARTS) is 1. The molecular weight excluding hydrogens is 471 g/mol. The summed E-state index contributed by atoms with van der Waals surface area (Å²) in [4.78, 5) is 19.0. The molecule has 2 atom stereocenters. The smallest absolute Gasteiger partial charge is 0.394 e. The van der Waals surface area contributed by atoms with Gasteiger partial charge in [0.2, 0.25) is 0 Å². The molecule has 2 unspecified atom stereocenters. The first-order valence-electron chi connectivity index (χ1n) is 12.2. The van der Waals surface area contributed by atoms with Crippen LogP contribution in [0.1, 0.15) is 45.9 Å². The Kier molecular flexibility index (Phi) is 6.46. The van der Waals surface area contributed by atoms with Gasteiger partial charge < -0.3 is 14.8 Å². The van der Waals surface area contributed by atoms with Crippen LogP contribution in [-0.2, 0) is 6.54 Å². The summed E-state index contributed by atoms with van der Waals surface area (Å²) in [6.07, 6.45) is -0.775. The number of halogens is 3. The summed E-state index contributed by atoms with van der Waals surface area (Å²) in [6.45, 7) is 3.46. The van der Waals surface area contributed by atoms with E-state index in [4.69, 9.17) is 4.74 Å². The second-order valence-electron chi connectivity index (χ2n) is 9.92. The highest BCUT2D eigenvalue weighted by Crippen LogP contribution is 2.41. The van der Waals surface area contributed by atoms with Crippen LogP contribution in [0.15, 0.2) is 42.6 Å². The van der Waals surface area contributed by atoms with Crippen LogP contribution in [0.3, 0.4) is 0 Å². The van der Waals surface area contributed by atoms with E-state index < -0.39 is 18.1 Å². The standard InChI is InChI=1S/C27H30F3N3O3/c1-16-11-24(36-2)22(21-7-9-31-25(16)21)15-32-10-8-20(33-13-19(14-33)27(28,29)30)12-23(32)17-3-5-18(6-4-17)26(34)35/h3-7,9,11,19-20,23,31H,8,10,12-15H2,1-2H3,(H,34,35). The predicted molar refractivity (Wildman–Crippen MR) is 130 cm³/mol. The number of methoxy groups -OCH3 is 1. The lowest BCUT2D eigenvalue weighted by Crippen LogP contribution is -2.59. The number of aryl methyl sites for hydroxylation is 1. The summed E-state index contributed by atoms with van der Waals surface area (Å²) in [7, 11) is 1.66. The molecule has 0 aliphatic carbocycles. The van der Waals surface area contributed by atoms with Crippen molar-refractivity contribution in [3.05, 3.63) is 64.8 Å². The number of carbonyl (C=O) groups is 1. The molecule has 5 rings (SSSR count). The minimum atomic E-state index is -4.15. The van der Waals surface area contributed by atoms with E-state index in [9.17, 15) is 23.1 Å². The van der Waals surface area contributed by atoms with Gasteiger partial charge in [0.15, 0.2) is 0 Å². The zero-order valence-corrected chi connectivity index (χ0v) is 20.3. The Morgan fingerprint density at radius 2 is 1.92 bits per heavy atom. The highest BCUT2D eigenvalue weighted by Gasteiger charge is 2.49. The van der Waals surface area contributed by atoms with Gasteiger partial charge in [-0.25, -0.2) is 4.79 Å². The number of fused-ring (bicyclic) bond motifs is 1. The Labute approximate surface area is 207 Å². The highest BCUT2D eigenvalue weighted by molar-refractivity contribution is 5.88. The fraction of sp³-hybridized carbons (Fsp3) is 0.444. The summed E-state index contributed by atoms with van der Waals surface area (Å²) >= 11 is 0. The molecule has 1 aromatic heterocycles. The van der Waals surface area contributed by atoms with E-state index in [2.05, 4.69) is 9.88 Å². The van der Waals surface area contributed by atoms with E-state index >= 15 is 0 Å². The van der Waals surface area contributed by atoms with Crippen LogP contribution < -0.4 is 4.74 Å². The number of hydrogen-bond acceptors (Lipinski definition) is 4. The second-order valence-corrected chi connectivity index (χ2v) is 9.92. The molecule has 2 N–H and O–H groups in total. The number of ether oxygens (including phenoxy) is 1. The average molecular weight is 502 g/mol. The number of benzene rings is 2. The van der Waals surface area contributed by atoms with Crippen molar-refractivity contribution in [3.63, 3.8) is 0 Å². The van der Waals surface area contributed by atoms with Gasteiger partial charge in [0.1, 0.15) is 5.75 Å². The van der Waals surface area contributed by atoms with Crippen LogP contribution >= 0.6 is 0 Å². The van der Waals surface area contributed by atoms with Crippen LogP contribution in [0.5, 0.6) is 5.75 Å². The van der Waals surface area contributed by atoms with E-state index in [1.165, 1.54) is 0 Å². The Morgan fingerprint density at radius 1 is 1.19 bits per heavy atom. The minimum absolute atomic E-state index is 0.0502. The molecule has 0 bridgehead atoms. The van der Waals surface area contributed by atoms with E-state index in [1.54, 1.807) is 19.2 Å². The monoisotopic (exact) mass is 501 g/mol. The Hall–Kier alpha value is -3.04. The summed E-state index contributed by atoms with van der Waals surface area (Å²) < 4.78 is 45.0. The molecule has 2 aliphatic heterocycles. The van der Waals surface area contributed by atoms with Gasteiger partial charge in [-0.3, -0.25) is 9.80 Å². The molecule has 0 radical (unpaired) electrons. The fourth-order valence-corrected chi connectivity index (χ4v) is 5.71. The van der Waals surface area contributed by atoms with Crippen molar-refractivity contribution in [1.29, 1.82) is 0 Å². The van der Waals surface area contributed by atoms with Crippen LogP contribution in [0, 0.1) is 12.8 Å². The number of hydrogen-bond donors (Lipinski definition) is 2. The number of carboxylic acids is 1. The van der Waals surface area contributed by atoms with Gasteiger partial charge in [-0.2, -0.15) is 13.2 Å². The summed E-state index contributed by atoms with van der Waals surface area (Å²) in [5, 5.41) is 10.4. The largest absolute Gasteiger partial charge is 0.496 e. The molecule has 36 heavy (non-hydrogen) atoms. The molecular formula is C27H30F3N3O3. The zero-order valence-electron chi connectivity index (χ0n) is 20.3. The van der Waals surface area contributed by atoms with Gasteiger partial charge >= 0.3 is 12.1 Å². The van der Waals surface area contributed by atoms with Gasteiger partial charge in [-0.1, -0.05) is 12.1 Å². The molecule has 0 amide bonds. The number of likely N-dealkylation sites (tertiary alicyclic amines) is 2. The predicted octanol–water partition coefficient (Wildman–Crippen LogP) is 5.38. The van der Waals surface area contributed by atoms with E-state index in [0.717, 1.165) is 39.8 Å². The summed E-state index contributed by atoms with van der Waals surface area (Å²) in [6, 6.07) is 10.9. The van der Waals surface area contributed by atoms with Crippen LogP contribution in [0.25, 0.3) is 10.9 Å². The quantitative estimate of drug-likeness (QED) is 0.475. The fourth-order valence-electron chi connectivity index (χ4n) is 5.71. The van der Waals surface area contributed by atoms with Crippen LogP contribution in [0.4, 0.5) is 13.2 Å². The van der Waals surface area contributed by atoms with Crippen molar-refractivity contribution in [2.45, 2.75) is 44.6 Å². The summed E-state index contributed by atoms with van der Waals surface area (Å²) in [5.74, 6) is -1.43. The minimum Gasteiger partial charge on any atom is -0.496 e. The van der Waals surface area contributed by atoms with Crippen molar-refractivity contribution < 1.29 is 27.8 Å². The van der Waals surface area contributed by atoms with Gasteiger partial charge in [0, 0.05) is 60.9 Å². The van der Waals surface area contributed by atoms with Crippen molar-refractivity contribution in [2.24, 2.45) is 5.92 Å². The van der Waals surface area contributed by atoms with Crippen molar-refractivity contribution in [1.82, 2.24) is 14.8 Å². The molecule has 3 aromatic rings. The van der Waals surface area contributed by atoms with E-state index in [1.807, 2.05) is 42.3 Å². The topological polar surface area (TPSA) is 68.8 Å². The number of aromatic carboxylic acids is 1. The molecule has 0 saturated carbocycles. The molecule has 6 nitrogen and oxygen atoms in total. The lowest BCUT2D eigenvalue weighted by molar-refractivity contribution is -0.216. The number of alkyl halides is 3. The first kappa shape index (κ1) is 24.6. The Morgan fingerprint density at radius 3 is 2.56 bits per heavy atom. The zero-order chi connectivity index (χ0) is 25.6. The highest BCUT2D eigenvalue weighted by atomic mass is 19.4. The maximum Gasteiger partial charge on any atom is 0.394 e. The van der Waals surface area contributed by atoms with Crippen molar-refractivity contribution in [2.75, 3.05) is 26.7 Å². The molecule has 3 heterocycles. The lowest BCUT2D eigenvalue weighted by Gasteiger charge is -2.50. The third kappa shape index (κ3) is 4.57. The number of piperidine rings is 1. The number of H-pyrrole nitrogens is 1. The number of nitrogens with one attached hydrogen (secondary N) is 1. The molecule has 2 fully saturated rings. The normalized spacial score (nSPS) is 22.0. The van der Waals surface area contributed by atoms with Crippen LogP contribution in [-0.4, -0.2) is 64.8 Å². The third-order valence-corrected chi connectivity index (χ3v) is 7.81. The molecule has 0 spiro atoms. The molecule has 2 aliphatic rings. The van der Waals surface area contributed by atoms with Gasteiger partial charge in [-0.15, -0.1) is 0 Å². The molecule has 9 heteroatoms. The van der Waals surface area contributed by atoms with E-state index in [-0.39, 0.29) is 30.7 Å². The van der Waals surface area contributed by atoms with Crippen molar-refractivity contribution in [3.8, 4) is 5.75 Å². The van der Waals surface area contributed by atoms with Gasteiger partial charge in [0.05, 0.1) is 18.6 Å². The maximum absolute atomic E-state index is 13.1. The third-order valence-electron chi connectivity index (χ3n) is 7.81. The average Bonchev–Trinajstić information content (AvgIpc) is 3.30. The first-order chi connectivity index (χ1) is 17.2. The summed E-state index contributed by atoms with van der Waals surface area (Å²) in [5.41, 5.74) is 4.39. The van der Waals surface area contributed by atoms with Crippen LogP contribution in [0.2, 0.25) is 0 Å². The van der Waals surface area contributed by atoms with Crippen molar-refractivity contribution >= 4 is 16.9 Å². The first-order valence-corrected chi connectivity index (χ1v) is 12.2. The van der Waals surface area contributed by atoms with Gasteiger partial charge in [0.25, 0.3) is 0 Å². The second kappa shape index (κ2) is 9.44. The molecule has 2 saturated heterocycles. The Balaban J connectivity index is 1.43. The van der Waals surface area contributed by atoms with E-state index in [0.29, 0.717) is 19.5 Å².